The van der Waals surface area contributed by atoms with Crippen LogP contribution in [0.4, 0.5) is 10.1 Å². The molecule has 0 saturated heterocycles. The van der Waals surface area contributed by atoms with Crippen LogP contribution in [0.2, 0.25) is 5.02 Å². The minimum Gasteiger partial charge on any atom is -0.388 e. The Balaban J connectivity index is 0. The minimum absolute atomic E-state index is 0.0556. The molecule has 0 atom stereocenters. The summed E-state index contributed by atoms with van der Waals surface area (Å²) in [4.78, 5) is 22.3. The number of aliphatic imine (C=N–C) groups is 1. The molecule has 196 valence electrons. The maximum Gasteiger partial charge on any atom is 0.281 e. The number of guanidine groups is 1. The van der Waals surface area contributed by atoms with Gasteiger partial charge in [0.1, 0.15) is 5.82 Å². The van der Waals surface area contributed by atoms with Crippen molar-refractivity contribution in [3.8, 4) is 0 Å². The number of nitrogens with zero attached hydrogens (tertiary/aromatic N) is 1. The summed E-state index contributed by atoms with van der Waals surface area (Å²) in [5.41, 5.74) is 18.5. The van der Waals surface area contributed by atoms with E-state index in [1.165, 1.54) is 36.1 Å². The van der Waals surface area contributed by atoms with Gasteiger partial charge in [-0.2, -0.15) is 0 Å². The van der Waals surface area contributed by atoms with Gasteiger partial charge in [0.2, 0.25) is 6.29 Å². The minimum atomic E-state index is -0.926. The van der Waals surface area contributed by atoms with Crippen molar-refractivity contribution in [3.05, 3.63) is 64.4 Å². The maximum absolute atomic E-state index is 12.6. The van der Waals surface area contributed by atoms with Crippen molar-refractivity contribution < 1.29 is 14.0 Å². The number of hydrogen-bond donors (Lipinski definition) is 4. The normalized spacial score (nSPS) is 10.7. The second-order valence-corrected chi connectivity index (χ2v) is 7.61. The number of benzene rings is 2. The molecule has 0 saturated carbocycles. The summed E-state index contributed by atoms with van der Waals surface area (Å²) in [7, 11) is 1.72. The van der Waals surface area contributed by atoms with Crippen molar-refractivity contribution in [3.63, 3.8) is 0 Å². The van der Waals surface area contributed by atoms with E-state index >= 15 is 0 Å². The molecule has 3 rings (SSSR count). The molecule has 0 aliphatic heterocycles. The van der Waals surface area contributed by atoms with Gasteiger partial charge in [0.15, 0.2) is 5.96 Å². The van der Waals surface area contributed by atoms with Crippen molar-refractivity contribution in [2.24, 2.45) is 28.1 Å². The fraction of sp³-hybridized carbons (Fsp3) is 0.423. The summed E-state index contributed by atoms with van der Waals surface area (Å²) in [6, 6.07) is 13.1. The summed E-state index contributed by atoms with van der Waals surface area (Å²) >= 11 is 5.43. The Bertz CT molecular complexity index is 863. The molecular weight excluding hydrogens is 469 g/mol. The van der Waals surface area contributed by atoms with Crippen LogP contribution < -0.4 is 22.5 Å². The molecule has 0 spiro atoms. The average molecular weight is 510 g/mol. The fourth-order valence-electron chi connectivity index (χ4n) is 2.67. The first-order valence-electron chi connectivity index (χ1n) is 11.7. The van der Waals surface area contributed by atoms with Crippen LogP contribution in [0.3, 0.4) is 0 Å². The predicted octanol–water partition coefficient (Wildman–Crippen LogP) is 4.70. The highest BCUT2D eigenvalue weighted by molar-refractivity contribution is 6.30. The van der Waals surface area contributed by atoms with E-state index in [4.69, 9.17) is 27.9 Å². The van der Waals surface area contributed by atoms with Gasteiger partial charge in [0, 0.05) is 19.3 Å². The number of rotatable bonds is 5. The van der Waals surface area contributed by atoms with Gasteiger partial charge < -0.3 is 22.5 Å². The Morgan fingerprint density at radius 1 is 1.09 bits per heavy atom. The number of carbonyl (C=O) groups excluding carboxylic acids is 2. The Hall–Kier alpha value is -3.13. The van der Waals surface area contributed by atoms with E-state index < -0.39 is 11.7 Å². The Morgan fingerprint density at radius 3 is 1.91 bits per heavy atom. The van der Waals surface area contributed by atoms with Gasteiger partial charge in [-0.05, 0) is 48.1 Å². The highest BCUT2D eigenvalue weighted by atomic mass is 35.5. The van der Waals surface area contributed by atoms with E-state index in [1.54, 1.807) is 13.1 Å². The molecule has 1 aliphatic carbocycles. The third-order valence-corrected chi connectivity index (χ3v) is 4.80. The molecule has 0 unspecified atom stereocenters. The molecule has 0 heterocycles. The summed E-state index contributed by atoms with van der Waals surface area (Å²) in [6.07, 6.45) is 4.90. The van der Waals surface area contributed by atoms with E-state index in [2.05, 4.69) is 54.2 Å². The van der Waals surface area contributed by atoms with Crippen molar-refractivity contribution in [1.29, 1.82) is 0 Å². The molecule has 2 aromatic rings. The fourth-order valence-corrected chi connectivity index (χ4v) is 2.78. The average Bonchev–Trinajstić information content (AvgIpc) is 3.30. The molecule has 9 heteroatoms. The van der Waals surface area contributed by atoms with Crippen LogP contribution in [-0.2, 0) is 22.4 Å². The van der Waals surface area contributed by atoms with Crippen molar-refractivity contribution >= 4 is 35.4 Å². The van der Waals surface area contributed by atoms with Gasteiger partial charge >= 0.3 is 0 Å². The third kappa shape index (κ3) is 17.0. The molecule has 0 aromatic heterocycles. The van der Waals surface area contributed by atoms with Gasteiger partial charge in [0.05, 0.1) is 5.02 Å². The van der Waals surface area contributed by atoms with Gasteiger partial charge in [-0.1, -0.05) is 76.4 Å². The summed E-state index contributed by atoms with van der Waals surface area (Å²) < 4.78 is 12.6. The topological polar surface area (TPSA) is 137 Å². The van der Waals surface area contributed by atoms with Crippen LogP contribution in [0.5, 0.6) is 0 Å². The number of fused-ring (bicyclic) bond motifs is 1. The molecule has 1 aliphatic rings. The summed E-state index contributed by atoms with van der Waals surface area (Å²) in [6.45, 7) is 9.11. The van der Waals surface area contributed by atoms with E-state index in [9.17, 15) is 9.18 Å². The van der Waals surface area contributed by atoms with E-state index in [0.29, 0.717) is 5.92 Å². The van der Waals surface area contributed by atoms with E-state index in [-0.39, 0.29) is 17.3 Å². The van der Waals surface area contributed by atoms with Crippen LogP contribution >= 0.6 is 11.6 Å². The second-order valence-electron chi connectivity index (χ2n) is 7.21. The number of amides is 1. The van der Waals surface area contributed by atoms with Crippen LogP contribution in [0.15, 0.2) is 47.5 Å². The van der Waals surface area contributed by atoms with E-state index in [0.717, 1.165) is 25.1 Å². The number of hydrogen-bond acceptors (Lipinski definition) is 4. The molecular formula is C26H41ClFN5O2. The standard InChI is InChI=1S/C11H15N3.C7H7ClFN.C4H10.C2H3NO2.C2H6/c12-11(13)14-7-8-5-9-3-1-2-4-10(9)6-8;1-10-5-2-3-6(8)7(9)4-5;1-3-4-2;3-2(5)1-4;1-2/h1-4,8H,5-7H2,(H4,12,13,14);2-4,10H,1H3;3-4H2,1-2H3;1H,(H2,3,5);1-2H3. The number of halogens is 2. The zero-order valence-electron chi connectivity index (χ0n) is 21.5. The molecule has 0 radical (unpaired) electrons. The highest BCUT2D eigenvalue weighted by Gasteiger charge is 2.20. The van der Waals surface area contributed by atoms with Crippen molar-refractivity contribution in [2.75, 3.05) is 18.9 Å². The first-order valence-corrected chi connectivity index (χ1v) is 12.1. The quantitative estimate of drug-likeness (QED) is 0.200. The van der Waals surface area contributed by atoms with Crippen LogP contribution in [0, 0.1) is 11.7 Å². The van der Waals surface area contributed by atoms with E-state index in [1.807, 2.05) is 13.8 Å². The first kappa shape index (κ1) is 34.0. The largest absolute Gasteiger partial charge is 0.388 e. The number of nitrogens with one attached hydrogen (secondary N) is 1. The molecule has 0 bridgehead atoms. The van der Waals surface area contributed by atoms with Crippen molar-refractivity contribution in [2.45, 2.75) is 53.4 Å². The molecule has 35 heavy (non-hydrogen) atoms. The summed E-state index contributed by atoms with van der Waals surface area (Å²) in [5.74, 6) is -0.547. The number of aldehydes is 1. The smallest absolute Gasteiger partial charge is 0.281 e. The zero-order chi connectivity index (χ0) is 27.2. The maximum atomic E-state index is 12.6. The monoisotopic (exact) mass is 509 g/mol. The summed E-state index contributed by atoms with van der Waals surface area (Å²) in [5, 5.41) is 2.95. The molecule has 7 N–H and O–H groups in total. The van der Waals surface area contributed by atoms with Gasteiger partial charge in [-0.15, -0.1) is 0 Å². The van der Waals surface area contributed by atoms with Crippen LogP contribution in [0.25, 0.3) is 0 Å². The number of nitrogens with two attached hydrogens (primary N) is 3. The Labute approximate surface area is 214 Å². The van der Waals surface area contributed by atoms with Gasteiger partial charge in [-0.3, -0.25) is 14.6 Å². The SMILES string of the molecule is CC.CCCC.CNc1ccc(Cl)c(F)c1.NC(=O)C=O.NC(N)=NCC1Cc2ccccc2C1. The molecule has 1 amide bonds. The zero-order valence-corrected chi connectivity index (χ0v) is 22.2. The van der Waals surface area contributed by atoms with Crippen LogP contribution in [0.1, 0.15) is 51.7 Å². The number of anilines is 1. The van der Waals surface area contributed by atoms with Gasteiger partial charge in [-0.25, -0.2) is 4.39 Å². The lowest BCUT2D eigenvalue weighted by Gasteiger charge is -2.03. The Morgan fingerprint density at radius 2 is 1.57 bits per heavy atom. The number of primary amides is 1. The van der Waals surface area contributed by atoms with Crippen LogP contribution in [-0.4, -0.2) is 31.7 Å². The third-order valence-electron chi connectivity index (χ3n) is 4.49. The lowest BCUT2D eigenvalue weighted by molar-refractivity contribution is -0.129. The Kier molecular flexibility index (Phi) is 20.8. The second kappa shape index (κ2) is 21.4. The number of unbranched alkanes of at least 4 members (excludes halogenated alkanes) is 1. The number of carbonyl (C=O) groups is 2. The predicted molar refractivity (Wildman–Crippen MR) is 146 cm³/mol. The molecule has 2 aromatic carbocycles. The molecule has 7 nitrogen and oxygen atoms in total. The first-order chi connectivity index (χ1) is 16.7. The lowest BCUT2D eigenvalue weighted by atomic mass is 10.1. The lowest BCUT2D eigenvalue weighted by Crippen LogP contribution is -2.24. The molecule has 0 fully saturated rings. The van der Waals surface area contributed by atoms with Gasteiger partial charge in [0.25, 0.3) is 5.91 Å². The van der Waals surface area contributed by atoms with Crippen molar-refractivity contribution in [1.82, 2.24) is 0 Å². The highest BCUT2D eigenvalue weighted by Crippen LogP contribution is 2.26.